The molecule has 3 aromatic rings. The van der Waals surface area contributed by atoms with Crippen molar-refractivity contribution < 1.29 is 38.6 Å². The van der Waals surface area contributed by atoms with Crippen molar-refractivity contribution in [2.45, 2.75) is 45.8 Å². The molecule has 0 saturated heterocycles. The highest BCUT2D eigenvalue weighted by Crippen LogP contribution is 2.14. The van der Waals surface area contributed by atoms with Gasteiger partial charge in [-0.15, -0.1) is 0 Å². The van der Waals surface area contributed by atoms with E-state index >= 15 is 0 Å². The number of esters is 1. The SMILES string of the molecule is CCCCOC(=O)NC(CNC(=O)c1ccc(CN(Cc2nc3ccccc3[nH]2)C(=O)NCC(=O)OCC)cc1)C(=O)O. The zero-order chi connectivity index (χ0) is 31.2. The highest BCUT2D eigenvalue weighted by molar-refractivity contribution is 5.94. The lowest BCUT2D eigenvalue weighted by Gasteiger charge is -2.22. The van der Waals surface area contributed by atoms with E-state index in [4.69, 9.17) is 9.47 Å². The maximum atomic E-state index is 13.0. The number of amides is 4. The Hall–Kier alpha value is -5.14. The minimum atomic E-state index is -1.38. The molecule has 1 heterocycles. The lowest BCUT2D eigenvalue weighted by atomic mass is 10.1. The van der Waals surface area contributed by atoms with E-state index in [1.807, 2.05) is 31.2 Å². The van der Waals surface area contributed by atoms with Crippen LogP contribution in [0.5, 0.6) is 0 Å². The molecule has 230 valence electrons. The number of aliphatic carboxylic acids is 1. The number of unbranched alkanes of at least 4 members (excludes halogenated alkanes) is 1. The number of urea groups is 1. The molecule has 1 atom stereocenters. The number of hydrogen-bond acceptors (Lipinski definition) is 8. The molecular formula is C29H36N6O8. The number of aromatic amines is 1. The van der Waals surface area contributed by atoms with Gasteiger partial charge in [0.1, 0.15) is 18.4 Å². The summed E-state index contributed by atoms with van der Waals surface area (Å²) in [7, 11) is 0. The quantitative estimate of drug-likeness (QED) is 0.130. The Morgan fingerprint density at radius 1 is 0.977 bits per heavy atom. The lowest BCUT2D eigenvalue weighted by molar-refractivity contribution is -0.142. The van der Waals surface area contributed by atoms with Crippen molar-refractivity contribution in [2.75, 3.05) is 26.3 Å². The van der Waals surface area contributed by atoms with E-state index in [1.165, 1.54) is 17.0 Å². The molecule has 2 aromatic carbocycles. The Balaban J connectivity index is 1.63. The van der Waals surface area contributed by atoms with Gasteiger partial charge in [-0.05, 0) is 43.2 Å². The smallest absolute Gasteiger partial charge is 0.407 e. The van der Waals surface area contributed by atoms with Gasteiger partial charge in [-0.3, -0.25) is 9.59 Å². The van der Waals surface area contributed by atoms with Crippen molar-refractivity contribution in [3.63, 3.8) is 0 Å². The topological polar surface area (TPSA) is 192 Å². The second-order valence-corrected chi connectivity index (χ2v) is 9.45. The van der Waals surface area contributed by atoms with E-state index in [-0.39, 0.29) is 45.0 Å². The number of para-hydroxylation sites is 2. The molecule has 1 aromatic heterocycles. The number of imidazole rings is 1. The first-order valence-corrected chi connectivity index (χ1v) is 13.8. The molecule has 43 heavy (non-hydrogen) atoms. The molecular weight excluding hydrogens is 560 g/mol. The van der Waals surface area contributed by atoms with Gasteiger partial charge in [-0.1, -0.05) is 37.6 Å². The van der Waals surface area contributed by atoms with Crippen LogP contribution in [-0.2, 0) is 32.2 Å². The Labute approximate surface area is 248 Å². The van der Waals surface area contributed by atoms with E-state index in [9.17, 15) is 29.1 Å². The third kappa shape index (κ3) is 10.3. The zero-order valence-electron chi connectivity index (χ0n) is 24.1. The molecule has 0 fully saturated rings. The fraction of sp³-hybridized carbons (Fsp3) is 0.379. The standard InChI is InChI=1S/C29H36N6O8/c1-3-5-14-43-29(41)34-23(27(38)39)15-30-26(37)20-12-10-19(11-13-20)17-35(28(40)31-16-25(36)42-4-2)18-24-32-21-8-6-7-9-22(21)33-24/h6-13,23H,3-5,14-18H2,1-2H3,(H,30,37)(H,31,40)(H,32,33)(H,34,41)(H,38,39). The third-order valence-corrected chi connectivity index (χ3v) is 6.13. The molecule has 4 amide bonds. The number of alkyl carbamates (subject to hydrolysis) is 1. The van der Waals surface area contributed by atoms with E-state index < -0.39 is 36.0 Å². The second kappa shape index (κ2) is 16.3. The number of carbonyl (C=O) groups is 5. The highest BCUT2D eigenvalue weighted by Gasteiger charge is 2.22. The van der Waals surface area contributed by atoms with E-state index in [2.05, 4.69) is 25.9 Å². The molecule has 0 radical (unpaired) electrons. The molecule has 0 aliphatic heterocycles. The summed E-state index contributed by atoms with van der Waals surface area (Å²) in [4.78, 5) is 69.9. The van der Waals surface area contributed by atoms with Gasteiger partial charge in [0.2, 0.25) is 0 Å². The first kappa shape index (κ1) is 32.4. The van der Waals surface area contributed by atoms with Gasteiger partial charge in [0.15, 0.2) is 0 Å². The summed E-state index contributed by atoms with van der Waals surface area (Å²) in [5.74, 6) is -1.90. The van der Waals surface area contributed by atoms with Crippen LogP contribution in [0.1, 0.15) is 48.4 Å². The summed E-state index contributed by atoms with van der Waals surface area (Å²) in [6.45, 7) is 3.52. The van der Waals surface area contributed by atoms with Gasteiger partial charge in [0.25, 0.3) is 5.91 Å². The van der Waals surface area contributed by atoms with Crippen molar-refractivity contribution >= 4 is 41.0 Å². The summed E-state index contributed by atoms with van der Waals surface area (Å²) in [6, 6.07) is 11.9. The first-order chi connectivity index (χ1) is 20.7. The minimum absolute atomic E-state index is 0.107. The monoisotopic (exact) mass is 596 g/mol. The normalized spacial score (nSPS) is 11.3. The fourth-order valence-electron chi connectivity index (χ4n) is 3.90. The molecule has 1 unspecified atom stereocenters. The largest absolute Gasteiger partial charge is 0.480 e. The van der Waals surface area contributed by atoms with E-state index in [0.29, 0.717) is 17.8 Å². The molecule has 0 bridgehead atoms. The molecule has 5 N–H and O–H groups in total. The number of H-pyrrole nitrogens is 1. The van der Waals surface area contributed by atoms with Crippen molar-refractivity contribution in [1.29, 1.82) is 0 Å². The van der Waals surface area contributed by atoms with Gasteiger partial charge in [-0.25, -0.2) is 19.4 Å². The van der Waals surface area contributed by atoms with E-state index in [1.54, 1.807) is 19.1 Å². The first-order valence-electron chi connectivity index (χ1n) is 13.8. The number of benzene rings is 2. The summed E-state index contributed by atoms with van der Waals surface area (Å²) in [6.07, 6.45) is 0.582. The second-order valence-electron chi connectivity index (χ2n) is 9.45. The van der Waals surface area contributed by atoms with Crippen LogP contribution >= 0.6 is 0 Å². The number of ether oxygens (including phenoxy) is 2. The number of carboxylic acids is 1. The number of nitrogens with one attached hydrogen (secondary N) is 4. The number of nitrogens with zero attached hydrogens (tertiary/aromatic N) is 2. The van der Waals surface area contributed by atoms with Crippen LogP contribution in [0.25, 0.3) is 11.0 Å². The van der Waals surface area contributed by atoms with Crippen LogP contribution in [0.4, 0.5) is 9.59 Å². The van der Waals surface area contributed by atoms with Gasteiger partial charge in [0, 0.05) is 18.7 Å². The van der Waals surface area contributed by atoms with Gasteiger partial charge < -0.3 is 40.4 Å². The number of hydrogen-bond donors (Lipinski definition) is 5. The fourth-order valence-corrected chi connectivity index (χ4v) is 3.90. The van der Waals surface area contributed by atoms with Gasteiger partial charge in [0.05, 0.1) is 30.8 Å². The summed E-state index contributed by atoms with van der Waals surface area (Å²) in [5.41, 5.74) is 2.48. The number of rotatable bonds is 15. The Morgan fingerprint density at radius 2 is 1.72 bits per heavy atom. The number of aromatic nitrogens is 2. The van der Waals surface area contributed by atoms with Crippen LogP contribution in [0, 0.1) is 0 Å². The highest BCUT2D eigenvalue weighted by atomic mass is 16.5. The Morgan fingerprint density at radius 3 is 2.40 bits per heavy atom. The predicted molar refractivity (Wildman–Crippen MR) is 155 cm³/mol. The van der Waals surface area contributed by atoms with Crippen molar-refractivity contribution in [2.24, 2.45) is 0 Å². The van der Waals surface area contributed by atoms with Gasteiger partial charge >= 0.3 is 24.1 Å². The van der Waals surface area contributed by atoms with Gasteiger partial charge in [-0.2, -0.15) is 0 Å². The average molecular weight is 597 g/mol. The van der Waals surface area contributed by atoms with Crippen molar-refractivity contribution in [1.82, 2.24) is 30.8 Å². The molecule has 3 rings (SSSR count). The maximum Gasteiger partial charge on any atom is 0.407 e. The third-order valence-electron chi connectivity index (χ3n) is 6.13. The summed E-state index contributed by atoms with van der Waals surface area (Å²) < 4.78 is 9.80. The van der Waals surface area contributed by atoms with Crippen molar-refractivity contribution in [3.8, 4) is 0 Å². The predicted octanol–water partition coefficient (Wildman–Crippen LogP) is 2.55. The van der Waals surface area contributed by atoms with Crippen LogP contribution in [0.15, 0.2) is 48.5 Å². The molecule has 0 saturated carbocycles. The molecule has 14 nitrogen and oxygen atoms in total. The Bertz CT molecular complexity index is 1370. The van der Waals surface area contributed by atoms with Crippen LogP contribution in [0.3, 0.4) is 0 Å². The number of carbonyl (C=O) groups excluding carboxylic acids is 4. The molecule has 0 aliphatic carbocycles. The molecule has 0 spiro atoms. The summed E-state index contributed by atoms with van der Waals surface area (Å²) in [5, 5.41) is 16.7. The van der Waals surface area contributed by atoms with E-state index in [0.717, 1.165) is 17.5 Å². The van der Waals surface area contributed by atoms with Crippen LogP contribution < -0.4 is 16.0 Å². The number of fused-ring (bicyclic) bond motifs is 1. The maximum absolute atomic E-state index is 13.0. The van der Waals surface area contributed by atoms with Crippen molar-refractivity contribution in [3.05, 3.63) is 65.5 Å². The van der Waals surface area contributed by atoms with Crippen LogP contribution in [0.2, 0.25) is 0 Å². The molecule has 0 aliphatic rings. The number of carboxylic acid groups (broad SMARTS) is 1. The average Bonchev–Trinajstić information content (AvgIpc) is 3.40. The lowest BCUT2D eigenvalue weighted by Crippen LogP contribution is -2.48. The zero-order valence-corrected chi connectivity index (χ0v) is 24.1. The Kier molecular flexibility index (Phi) is 12.3. The summed E-state index contributed by atoms with van der Waals surface area (Å²) >= 11 is 0. The minimum Gasteiger partial charge on any atom is -0.480 e. The van der Waals surface area contributed by atoms with Crippen LogP contribution in [-0.4, -0.2) is 82.3 Å². The molecule has 14 heteroatoms.